The van der Waals surface area contributed by atoms with Crippen LogP contribution in [0.3, 0.4) is 0 Å². The highest BCUT2D eigenvalue weighted by molar-refractivity contribution is 6.39. The number of benzene rings is 2. The number of anilines is 1. The molecule has 3 rings (SSSR count). The lowest BCUT2D eigenvalue weighted by Crippen LogP contribution is -2.32. The standard InChI is InChI=1S/C23H23ClN4O2/c1-14-8-15(2)10-20(9-14)26-22(29)23(30)27-25-13-18-11-16(3)28(17(18)4)21-7-5-6-19(24)12-21/h5-13H,1-4H3,(H,26,29)(H,27,30)/b25-13-. The molecule has 154 valence electrons. The average molecular weight is 423 g/mol. The van der Waals surface area contributed by atoms with Gasteiger partial charge in [-0.05, 0) is 75.2 Å². The van der Waals surface area contributed by atoms with Gasteiger partial charge in [0, 0.05) is 33.3 Å². The Labute approximate surface area is 180 Å². The molecule has 0 radical (unpaired) electrons. The van der Waals surface area contributed by atoms with Gasteiger partial charge in [-0.15, -0.1) is 0 Å². The van der Waals surface area contributed by atoms with Gasteiger partial charge in [-0.3, -0.25) is 9.59 Å². The molecule has 0 saturated carbocycles. The molecule has 30 heavy (non-hydrogen) atoms. The number of carbonyl (C=O) groups is 2. The predicted octanol–water partition coefficient (Wildman–Crippen LogP) is 4.45. The van der Waals surface area contributed by atoms with Crippen molar-refractivity contribution in [2.24, 2.45) is 5.10 Å². The van der Waals surface area contributed by atoms with E-state index >= 15 is 0 Å². The normalized spacial score (nSPS) is 11.0. The third-order valence-electron chi connectivity index (χ3n) is 4.59. The zero-order chi connectivity index (χ0) is 21.8. The van der Waals surface area contributed by atoms with Gasteiger partial charge in [0.1, 0.15) is 0 Å². The predicted molar refractivity (Wildman–Crippen MR) is 121 cm³/mol. The summed E-state index contributed by atoms with van der Waals surface area (Å²) in [6.07, 6.45) is 1.52. The Bertz CT molecular complexity index is 1130. The van der Waals surface area contributed by atoms with E-state index in [0.29, 0.717) is 10.7 Å². The van der Waals surface area contributed by atoms with E-state index in [9.17, 15) is 9.59 Å². The molecule has 7 heteroatoms. The highest BCUT2D eigenvalue weighted by Gasteiger charge is 2.14. The Balaban J connectivity index is 1.68. The number of rotatable bonds is 4. The molecule has 0 aliphatic heterocycles. The topological polar surface area (TPSA) is 75.5 Å². The summed E-state index contributed by atoms with van der Waals surface area (Å²) in [5.74, 6) is -1.62. The smallest absolute Gasteiger partial charge is 0.318 e. The van der Waals surface area contributed by atoms with Gasteiger partial charge in [-0.1, -0.05) is 23.7 Å². The molecule has 2 amide bonds. The van der Waals surface area contributed by atoms with Crippen molar-refractivity contribution in [2.45, 2.75) is 27.7 Å². The van der Waals surface area contributed by atoms with Gasteiger partial charge in [0.2, 0.25) is 0 Å². The summed E-state index contributed by atoms with van der Waals surface area (Å²) in [4.78, 5) is 24.2. The van der Waals surface area contributed by atoms with Crippen molar-refractivity contribution in [3.8, 4) is 5.69 Å². The minimum Gasteiger partial charge on any atom is -0.318 e. The molecule has 0 bridgehead atoms. The van der Waals surface area contributed by atoms with Crippen LogP contribution in [-0.2, 0) is 9.59 Å². The van der Waals surface area contributed by atoms with Crippen molar-refractivity contribution in [1.82, 2.24) is 9.99 Å². The van der Waals surface area contributed by atoms with Crippen molar-refractivity contribution in [3.63, 3.8) is 0 Å². The molecule has 3 aromatic rings. The van der Waals surface area contributed by atoms with E-state index in [0.717, 1.165) is 33.8 Å². The van der Waals surface area contributed by atoms with Gasteiger partial charge in [0.05, 0.1) is 6.21 Å². The number of aromatic nitrogens is 1. The van der Waals surface area contributed by atoms with E-state index in [1.807, 2.05) is 68.7 Å². The second kappa shape index (κ2) is 8.97. The highest BCUT2D eigenvalue weighted by Crippen LogP contribution is 2.22. The molecule has 6 nitrogen and oxygen atoms in total. The number of carbonyl (C=O) groups excluding carboxylic acids is 2. The fourth-order valence-electron chi connectivity index (χ4n) is 3.38. The second-order valence-electron chi connectivity index (χ2n) is 7.17. The fourth-order valence-corrected chi connectivity index (χ4v) is 3.56. The third-order valence-corrected chi connectivity index (χ3v) is 4.83. The average Bonchev–Trinajstić information content (AvgIpc) is 2.94. The zero-order valence-corrected chi connectivity index (χ0v) is 18.0. The molecule has 0 spiro atoms. The van der Waals surface area contributed by atoms with Crippen molar-refractivity contribution in [1.29, 1.82) is 0 Å². The van der Waals surface area contributed by atoms with Crippen LogP contribution in [0, 0.1) is 27.7 Å². The number of hydrazone groups is 1. The summed E-state index contributed by atoms with van der Waals surface area (Å²) >= 11 is 6.10. The number of nitrogens with zero attached hydrogens (tertiary/aromatic N) is 2. The number of halogens is 1. The van der Waals surface area contributed by atoms with Gasteiger partial charge >= 0.3 is 11.8 Å². The molecule has 0 atom stereocenters. The molecule has 1 heterocycles. The van der Waals surface area contributed by atoms with E-state index < -0.39 is 11.8 Å². The lowest BCUT2D eigenvalue weighted by molar-refractivity contribution is -0.136. The molecule has 0 aliphatic rings. The van der Waals surface area contributed by atoms with E-state index in [1.165, 1.54) is 6.21 Å². The first-order valence-electron chi connectivity index (χ1n) is 9.42. The zero-order valence-electron chi connectivity index (χ0n) is 17.3. The number of aryl methyl sites for hydroxylation is 3. The molecule has 0 fully saturated rings. The molecule has 0 saturated heterocycles. The largest absolute Gasteiger partial charge is 0.329 e. The minimum atomic E-state index is -0.839. The summed E-state index contributed by atoms with van der Waals surface area (Å²) in [5.41, 5.74) is 8.54. The maximum atomic E-state index is 12.1. The quantitative estimate of drug-likeness (QED) is 0.370. The number of amides is 2. The van der Waals surface area contributed by atoms with Gasteiger partial charge < -0.3 is 9.88 Å². The Hall–Kier alpha value is -3.38. The Morgan fingerprint density at radius 3 is 2.33 bits per heavy atom. The summed E-state index contributed by atoms with van der Waals surface area (Å²) < 4.78 is 2.04. The summed E-state index contributed by atoms with van der Waals surface area (Å²) in [6, 6.07) is 15.1. The highest BCUT2D eigenvalue weighted by atomic mass is 35.5. The van der Waals surface area contributed by atoms with Crippen molar-refractivity contribution >= 4 is 35.3 Å². The van der Waals surface area contributed by atoms with Gasteiger partial charge in [-0.2, -0.15) is 5.10 Å². The van der Waals surface area contributed by atoms with E-state index in [4.69, 9.17) is 11.6 Å². The van der Waals surface area contributed by atoms with Crippen LogP contribution >= 0.6 is 11.6 Å². The molecular formula is C23H23ClN4O2. The summed E-state index contributed by atoms with van der Waals surface area (Å²) in [7, 11) is 0. The SMILES string of the molecule is Cc1cc(C)cc(NC(=O)C(=O)N/N=C\c2cc(C)n(-c3cccc(Cl)c3)c2C)c1. The van der Waals surface area contributed by atoms with Gasteiger partial charge in [0.25, 0.3) is 0 Å². The van der Waals surface area contributed by atoms with Crippen LogP contribution in [0.15, 0.2) is 53.6 Å². The van der Waals surface area contributed by atoms with Gasteiger partial charge in [0.15, 0.2) is 0 Å². The molecule has 2 aromatic carbocycles. The first-order chi connectivity index (χ1) is 14.2. The Morgan fingerprint density at radius 2 is 1.67 bits per heavy atom. The second-order valence-corrected chi connectivity index (χ2v) is 7.61. The third kappa shape index (κ3) is 4.96. The number of nitrogens with one attached hydrogen (secondary N) is 2. The lowest BCUT2D eigenvalue weighted by Gasteiger charge is -2.09. The first kappa shape index (κ1) is 21.3. The lowest BCUT2D eigenvalue weighted by atomic mass is 10.1. The minimum absolute atomic E-state index is 0.571. The first-order valence-corrected chi connectivity index (χ1v) is 9.80. The van der Waals surface area contributed by atoms with E-state index in [2.05, 4.69) is 15.8 Å². The summed E-state index contributed by atoms with van der Waals surface area (Å²) in [5, 5.41) is 7.17. The van der Waals surface area contributed by atoms with Crippen LogP contribution in [0.5, 0.6) is 0 Å². The molecule has 0 aliphatic carbocycles. The van der Waals surface area contributed by atoms with Crippen LogP contribution in [0.4, 0.5) is 5.69 Å². The van der Waals surface area contributed by atoms with Crippen LogP contribution < -0.4 is 10.7 Å². The maximum absolute atomic E-state index is 12.1. The maximum Gasteiger partial charge on any atom is 0.329 e. The Morgan fingerprint density at radius 1 is 0.967 bits per heavy atom. The molecular weight excluding hydrogens is 400 g/mol. The van der Waals surface area contributed by atoms with Gasteiger partial charge in [-0.25, -0.2) is 5.43 Å². The van der Waals surface area contributed by atoms with Crippen LogP contribution in [0.25, 0.3) is 5.69 Å². The van der Waals surface area contributed by atoms with Crippen molar-refractivity contribution in [2.75, 3.05) is 5.32 Å². The van der Waals surface area contributed by atoms with Crippen LogP contribution in [0.1, 0.15) is 28.1 Å². The van der Waals surface area contributed by atoms with E-state index in [-0.39, 0.29) is 0 Å². The monoisotopic (exact) mass is 422 g/mol. The van der Waals surface area contributed by atoms with Crippen molar-refractivity contribution in [3.05, 3.63) is 81.6 Å². The van der Waals surface area contributed by atoms with E-state index in [1.54, 1.807) is 12.1 Å². The van der Waals surface area contributed by atoms with Crippen LogP contribution in [-0.4, -0.2) is 22.6 Å². The molecule has 1 aromatic heterocycles. The number of hydrogen-bond donors (Lipinski definition) is 2. The number of hydrogen-bond acceptors (Lipinski definition) is 3. The summed E-state index contributed by atoms with van der Waals surface area (Å²) in [6.45, 7) is 7.77. The van der Waals surface area contributed by atoms with Crippen molar-refractivity contribution < 1.29 is 9.59 Å². The van der Waals surface area contributed by atoms with Crippen LogP contribution in [0.2, 0.25) is 5.02 Å². The fraction of sp³-hybridized carbons (Fsp3) is 0.174. The molecule has 2 N–H and O–H groups in total. The molecule has 0 unspecified atom stereocenters. The Kier molecular flexibility index (Phi) is 6.37.